The Morgan fingerprint density at radius 3 is 2.59 bits per heavy atom. The van der Waals surface area contributed by atoms with E-state index < -0.39 is 0 Å². The van der Waals surface area contributed by atoms with Crippen LogP contribution in [0.4, 0.5) is 0 Å². The highest BCUT2D eigenvalue weighted by Gasteiger charge is 2.24. The summed E-state index contributed by atoms with van der Waals surface area (Å²) in [5.41, 5.74) is 1.85. The Balaban J connectivity index is 1.53. The molecule has 3 aromatic rings. The van der Waals surface area contributed by atoms with Crippen molar-refractivity contribution in [1.29, 1.82) is 0 Å². The van der Waals surface area contributed by atoms with Gasteiger partial charge in [-0.05, 0) is 42.7 Å². The van der Waals surface area contributed by atoms with E-state index in [-0.39, 0.29) is 29.4 Å². The van der Waals surface area contributed by atoms with Gasteiger partial charge in [0.1, 0.15) is 5.75 Å². The summed E-state index contributed by atoms with van der Waals surface area (Å²) >= 11 is 0. The van der Waals surface area contributed by atoms with Crippen LogP contribution in [-0.4, -0.2) is 34.4 Å². The van der Waals surface area contributed by atoms with E-state index in [4.69, 9.17) is 4.74 Å². The van der Waals surface area contributed by atoms with Gasteiger partial charge in [0.25, 0.3) is 11.8 Å². The summed E-state index contributed by atoms with van der Waals surface area (Å²) in [6.07, 6.45) is 6.00. The quantitative estimate of drug-likeness (QED) is 0.675. The number of carbonyl (C=O) groups excluding carboxylic acids is 2. The molecule has 2 N–H and O–H groups in total. The minimum atomic E-state index is -0.332. The van der Waals surface area contributed by atoms with Crippen LogP contribution >= 0.6 is 0 Å². The number of fused-ring (bicyclic) bond motifs is 1. The Hall–Kier alpha value is -3.35. The van der Waals surface area contributed by atoms with E-state index in [0.717, 1.165) is 37.0 Å². The SMILES string of the molecule is COc1ccc(CNC(=O)c2nc(C(=O)NC3CCCC3)c3ccccn23)cc1. The van der Waals surface area contributed by atoms with Gasteiger partial charge >= 0.3 is 0 Å². The summed E-state index contributed by atoms with van der Waals surface area (Å²) in [6.45, 7) is 0.355. The van der Waals surface area contributed by atoms with Crippen LogP contribution in [0.1, 0.15) is 52.4 Å². The van der Waals surface area contributed by atoms with Crippen molar-refractivity contribution in [2.75, 3.05) is 7.11 Å². The fourth-order valence-corrected chi connectivity index (χ4v) is 3.69. The summed E-state index contributed by atoms with van der Waals surface area (Å²) < 4.78 is 6.81. The molecule has 7 heteroatoms. The predicted octanol–water partition coefficient (Wildman–Crippen LogP) is 2.95. The molecule has 2 aromatic heterocycles. The van der Waals surface area contributed by atoms with Gasteiger partial charge in [-0.2, -0.15) is 0 Å². The molecule has 1 aromatic carbocycles. The average molecular weight is 392 g/mol. The number of hydrogen-bond acceptors (Lipinski definition) is 4. The lowest BCUT2D eigenvalue weighted by Crippen LogP contribution is -2.33. The number of hydrogen-bond donors (Lipinski definition) is 2. The van der Waals surface area contributed by atoms with Gasteiger partial charge in [-0.25, -0.2) is 4.98 Å². The van der Waals surface area contributed by atoms with E-state index in [1.807, 2.05) is 36.4 Å². The third kappa shape index (κ3) is 4.08. The fraction of sp³-hybridized carbons (Fsp3) is 0.318. The zero-order valence-electron chi connectivity index (χ0n) is 16.4. The monoisotopic (exact) mass is 392 g/mol. The van der Waals surface area contributed by atoms with Gasteiger partial charge in [0.05, 0.1) is 12.6 Å². The van der Waals surface area contributed by atoms with E-state index in [2.05, 4.69) is 15.6 Å². The van der Waals surface area contributed by atoms with E-state index in [1.54, 1.807) is 23.8 Å². The van der Waals surface area contributed by atoms with Gasteiger partial charge in [0.2, 0.25) is 5.82 Å². The number of imidazole rings is 1. The summed E-state index contributed by atoms with van der Waals surface area (Å²) in [7, 11) is 1.61. The van der Waals surface area contributed by atoms with Gasteiger partial charge in [0.15, 0.2) is 5.69 Å². The lowest BCUT2D eigenvalue weighted by Gasteiger charge is -2.10. The smallest absolute Gasteiger partial charge is 0.287 e. The molecule has 0 saturated heterocycles. The van der Waals surface area contributed by atoms with Crippen LogP contribution in [0.15, 0.2) is 48.7 Å². The van der Waals surface area contributed by atoms with Crippen molar-refractivity contribution in [3.8, 4) is 5.75 Å². The molecule has 2 amide bonds. The van der Waals surface area contributed by atoms with E-state index >= 15 is 0 Å². The fourth-order valence-electron chi connectivity index (χ4n) is 3.69. The molecule has 0 spiro atoms. The first-order valence-corrected chi connectivity index (χ1v) is 9.85. The van der Waals surface area contributed by atoms with Crippen molar-refractivity contribution < 1.29 is 14.3 Å². The highest BCUT2D eigenvalue weighted by molar-refractivity contribution is 6.02. The number of methoxy groups -OCH3 is 1. The van der Waals surface area contributed by atoms with Crippen LogP contribution in [-0.2, 0) is 6.54 Å². The minimum Gasteiger partial charge on any atom is -0.497 e. The van der Waals surface area contributed by atoms with Crippen LogP contribution in [0, 0.1) is 0 Å². The molecular formula is C22H24N4O3. The summed E-state index contributed by atoms with van der Waals surface area (Å²) in [5.74, 6) is 0.402. The third-order valence-electron chi connectivity index (χ3n) is 5.27. The molecular weight excluding hydrogens is 368 g/mol. The summed E-state index contributed by atoms with van der Waals surface area (Å²) in [6, 6.07) is 13.1. The molecule has 4 rings (SSSR count). The van der Waals surface area contributed by atoms with Crippen LogP contribution in [0.5, 0.6) is 5.75 Å². The largest absolute Gasteiger partial charge is 0.497 e. The van der Waals surface area contributed by atoms with Gasteiger partial charge in [0, 0.05) is 18.8 Å². The van der Waals surface area contributed by atoms with Gasteiger partial charge < -0.3 is 15.4 Å². The van der Waals surface area contributed by atoms with E-state index in [9.17, 15) is 9.59 Å². The molecule has 2 heterocycles. The number of amides is 2. The normalized spacial score (nSPS) is 14.1. The van der Waals surface area contributed by atoms with Crippen molar-refractivity contribution in [1.82, 2.24) is 20.0 Å². The lowest BCUT2D eigenvalue weighted by molar-refractivity contribution is 0.0934. The second kappa shape index (κ2) is 8.34. The van der Waals surface area contributed by atoms with Gasteiger partial charge in [-0.1, -0.05) is 31.0 Å². The number of nitrogens with one attached hydrogen (secondary N) is 2. The number of benzene rings is 1. The van der Waals surface area contributed by atoms with Crippen molar-refractivity contribution >= 4 is 17.3 Å². The second-order valence-electron chi connectivity index (χ2n) is 7.23. The summed E-state index contributed by atoms with van der Waals surface area (Å²) in [4.78, 5) is 29.9. The van der Waals surface area contributed by atoms with E-state index in [1.165, 1.54) is 0 Å². The standard InChI is InChI=1S/C22H24N4O3/c1-29-17-11-9-15(10-12-17)14-23-22(28)20-25-19(18-8-4-5-13-26(18)20)21(27)24-16-6-2-3-7-16/h4-5,8-13,16H,2-3,6-7,14H2,1H3,(H,23,28)(H,24,27). The molecule has 1 aliphatic carbocycles. The van der Waals surface area contributed by atoms with Crippen LogP contribution in [0.3, 0.4) is 0 Å². The van der Waals surface area contributed by atoms with E-state index in [0.29, 0.717) is 12.1 Å². The maximum Gasteiger partial charge on any atom is 0.287 e. The molecule has 1 aliphatic rings. The zero-order valence-corrected chi connectivity index (χ0v) is 16.4. The third-order valence-corrected chi connectivity index (χ3v) is 5.27. The highest BCUT2D eigenvalue weighted by Crippen LogP contribution is 2.19. The van der Waals surface area contributed by atoms with Crippen LogP contribution in [0.2, 0.25) is 0 Å². The lowest BCUT2D eigenvalue weighted by atomic mass is 10.2. The topological polar surface area (TPSA) is 84.7 Å². The van der Waals surface area contributed by atoms with Gasteiger partial charge in [-0.15, -0.1) is 0 Å². The average Bonchev–Trinajstić information content (AvgIpc) is 3.40. The Bertz CT molecular complexity index is 1020. The minimum absolute atomic E-state index is 0.190. The van der Waals surface area contributed by atoms with Crippen LogP contribution in [0.25, 0.3) is 5.52 Å². The van der Waals surface area contributed by atoms with Crippen molar-refractivity contribution in [2.45, 2.75) is 38.3 Å². The van der Waals surface area contributed by atoms with Crippen LogP contribution < -0.4 is 15.4 Å². The van der Waals surface area contributed by atoms with Crippen molar-refractivity contribution in [3.05, 3.63) is 65.7 Å². The Labute approximate surface area is 169 Å². The Kier molecular flexibility index (Phi) is 5.46. The molecule has 7 nitrogen and oxygen atoms in total. The maximum absolute atomic E-state index is 12.8. The molecule has 0 aliphatic heterocycles. The first kappa shape index (κ1) is 19.0. The Morgan fingerprint density at radius 1 is 1.10 bits per heavy atom. The number of pyridine rings is 1. The molecule has 150 valence electrons. The molecule has 0 atom stereocenters. The van der Waals surface area contributed by atoms with Gasteiger partial charge in [-0.3, -0.25) is 14.0 Å². The first-order chi connectivity index (χ1) is 14.2. The number of ether oxygens (including phenoxy) is 1. The molecule has 0 unspecified atom stereocenters. The Morgan fingerprint density at radius 2 is 1.86 bits per heavy atom. The number of rotatable bonds is 6. The van der Waals surface area contributed by atoms with Crippen molar-refractivity contribution in [3.63, 3.8) is 0 Å². The highest BCUT2D eigenvalue weighted by atomic mass is 16.5. The van der Waals surface area contributed by atoms with Crippen molar-refractivity contribution in [2.24, 2.45) is 0 Å². The number of aromatic nitrogens is 2. The number of carbonyl (C=O) groups is 2. The molecule has 1 fully saturated rings. The maximum atomic E-state index is 12.8. The predicted molar refractivity (Wildman–Crippen MR) is 109 cm³/mol. The number of nitrogens with zero attached hydrogens (tertiary/aromatic N) is 2. The summed E-state index contributed by atoms with van der Waals surface area (Å²) in [5, 5.41) is 5.93. The molecule has 0 radical (unpaired) electrons. The second-order valence-corrected chi connectivity index (χ2v) is 7.23. The zero-order chi connectivity index (χ0) is 20.2. The molecule has 29 heavy (non-hydrogen) atoms. The first-order valence-electron chi connectivity index (χ1n) is 9.85. The molecule has 1 saturated carbocycles. The molecule has 0 bridgehead atoms.